The summed E-state index contributed by atoms with van der Waals surface area (Å²) in [6.07, 6.45) is 0. The van der Waals surface area contributed by atoms with E-state index in [-0.39, 0.29) is 0 Å². The molecule has 0 aliphatic carbocycles. The number of aliphatic carboxylic acids is 1. The number of amides is 1. The van der Waals surface area contributed by atoms with E-state index in [0.29, 0.717) is 11.3 Å². The largest absolute Gasteiger partial charge is 0.481 e. The van der Waals surface area contributed by atoms with Crippen molar-refractivity contribution in [1.29, 1.82) is 0 Å². The second kappa shape index (κ2) is 5.38. The molecule has 1 unspecified atom stereocenters. The van der Waals surface area contributed by atoms with Crippen LogP contribution in [0.25, 0.3) is 0 Å². The van der Waals surface area contributed by atoms with Gasteiger partial charge in [-0.3, -0.25) is 9.59 Å². The van der Waals surface area contributed by atoms with Crippen LogP contribution in [0.5, 0.6) is 0 Å². The Morgan fingerprint density at radius 1 is 1.32 bits per heavy atom. The van der Waals surface area contributed by atoms with Gasteiger partial charge >= 0.3 is 5.97 Å². The molecule has 1 aromatic carbocycles. The van der Waals surface area contributed by atoms with E-state index in [9.17, 15) is 14.0 Å². The average molecular weight is 267 g/mol. The van der Waals surface area contributed by atoms with Crippen molar-refractivity contribution in [2.24, 2.45) is 11.3 Å². The second-order valence-electron chi connectivity index (χ2n) is 5.59. The number of aryl methyl sites for hydroxylation is 1. The molecule has 0 radical (unpaired) electrons. The first-order valence-electron chi connectivity index (χ1n) is 5.92. The van der Waals surface area contributed by atoms with E-state index in [1.807, 2.05) is 0 Å². The summed E-state index contributed by atoms with van der Waals surface area (Å²) in [5.74, 6) is -3.35. The Kier molecular flexibility index (Phi) is 4.29. The molecule has 0 aliphatic heterocycles. The zero-order chi connectivity index (χ0) is 14.8. The summed E-state index contributed by atoms with van der Waals surface area (Å²) in [5.41, 5.74) is 0.262. The highest BCUT2D eigenvalue weighted by molar-refractivity contribution is 6.05. The van der Waals surface area contributed by atoms with E-state index in [1.54, 1.807) is 27.7 Å². The summed E-state index contributed by atoms with van der Waals surface area (Å²) in [7, 11) is 0. The van der Waals surface area contributed by atoms with E-state index in [4.69, 9.17) is 5.11 Å². The molecule has 1 amide bonds. The van der Waals surface area contributed by atoms with Crippen LogP contribution in [0.3, 0.4) is 0 Å². The van der Waals surface area contributed by atoms with Crippen LogP contribution in [0.2, 0.25) is 0 Å². The molecule has 4 nitrogen and oxygen atoms in total. The Morgan fingerprint density at radius 2 is 1.89 bits per heavy atom. The van der Waals surface area contributed by atoms with Gasteiger partial charge in [0.25, 0.3) is 0 Å². The zero-order valence-corrected chi connectivity index (χ0v) is 11.5. The number of carbonyl (C=O) groups excluding carboxylic acids is 1. The first kappa shape index (κ1) is 15.1. The van der Waals surface area contributed by atoms with Gasteiger partial charge in [-0.1, -0.05) is 20.8 Å². The summed E-state index contributed by atoms with van der Waals surface area (Å²) in [6.45, 7) is 6.69. The molecule has 2 N–H and O–H groups in total. The summed E-state index contributed by atoms with van der Waals surface area (Å²) < 4.78 is 13.0. The monoisotopic (exact) mass is 267 g/mol. The van der Waals surface area contributed by atoms with Crippen molar-refractivity contribution in [3.63, 3.8) is 0 Å². The van der Waals surface area contributed by atoms with Crippen LogP contribution in [-0.2, 0) is 9.59 Å². The van der Waals surface area contributed by atoms with Crippen LogP contribution < -0.4 is 5.32 Å². The molecule has 0 fully saturated rings. The normalized spacial score (nSPS) is 12.9. The lowest BCUT2D eigenvalue weighted by molar-refractivity contribution is -0.149. The zero-order valence-electron chi connectivity index (χ0n) is 11.5. The topological polar surface area (TPSA) is 66.4 Å². The number of rotatable bonds is 3. The Balaban J connectivity index is 2.97. The number of hydrogen-bond acceptors (Lipinski definition) is 2. The maximum Gasteiger partial charge on any atom is 0.316 e. The van der Waals surface area contributed by atoms with Gasteiger partial charge in [-0.05, 0) is 36.1 Å². The molecule has 1 atom stereocenters. The van der Waals surface area contributed by atoms with Crippen molar-refractivity contribution < 1.29 is 19.1 Å². The van der Waals surface area contributed by atoms with Crippen molar-refractivity contribution >= 4 is 17.6 Å². The number of benzene rings is 1. The molecular weight excluding hydrogens is 249 g/mol. The first-order chi connectivity index (χ1) is 8.62. The van der Waals surface area contributed by atoms with Crippen molar-refractivity contribution in [2.45, 2.75) is 27.7 Å². The Hall–Kier alpha value is -1.91. The fourth-order valence-electron chi connectivity index (χ4n) is 1.85. The summed E-state index contributed by atoms with van der Waals surface area (Å²) in [5, 5.41) is 11.7. The molecule has 104 valence electrons. The van der Waals surface area contributed by atoms with Gasteiger partial charge in [0.2, 0.25) is 5.91 Å². The average Bonchev–Trinajstić information content (AvgIpc) is 2.19. The van der Waals surface area contributed by atoms with E-state index >= 15 is 0 Å². The summed E-state index contributed by atoms with van der Waals surface area (Å²) in [4.78, 5) is 23.2. The Morgan fingerprint density at radius 3 is 2.32 bits per heavy atom. The minimum Gasteiger partial charge on any atom is -0.481 e. The van der Waals surface area contributed by atoms with Crippen molar-refractivity contribution in [1.82, 2.24) is 0 Å². The summed E-state index contributed by atoms with van der Waals surface area (Å²) in [6, 6.07) is 3.92. The van der Waals surface area contributed by atoms with E-state index < -0.39 is 29.0 Å². The summed E-state index contributed by atoms with van der Waals surface area (Å²) >= 11 is 0. The third-order valence-corrected chi connectivity index (χ3v) is 2.82. The van der Waals surface area contributed by atoms with Gasteiger partial charge in [-0.15, -0.1) is 0 Å². The second-order valence-corrected chi connectivity index (χ2v) is 5.59. The molecule has 0 saturated heterocycles. The number of carboxylic acids is 1. The Bertz CT molecular complexity index is 506. The van der Waals surface area contributed by atoms with Gasteiger partial charge in [0, 0.05) is 5.69 Å². The van der Waals surface area contributed by atoms with E-state index in [1.165, 1.54) is 18.2 Å². The molecule has 0 aromatic heterocycles. The van der Waals surface area contributed by atoms with Crippen LogP contribution in [0, 0.1) is 24.1 Å². The Labute approximate surface area is 111 Å². The van der Waals surface area contributed by atoms with Crippen LogP contribution in [0.1, 0.15) is 26.3 Å². The molecular formula is C14H18FNO3. The molecule has 0 bridgehead atoms. The quantitative estimate of drug-likeness (QED) is 0.827. The predicted octanol–water partition coefficient (Wildman–Crippen LogP) is 2.82. The van der Waals surface area contributed by atoms with Gasteiger partial charge in [0.05, 0.1) is 0 Å². The third kappa shape index (κ3) is 3.77. The van der Waals surface area contributed by atoms with Crippen molar-refractivity contribution in [3.8, 4) is 0 Å². The number of hydrogen-bond donors (Lipinski definition) is 2. The third-order valence-electron chi connectivity index (χ3n) is 2.82. The first-order valence-corrected chi connectivity index (χ1v) is 5.92. The molecule has 0 spiro atoms. The van der Waals surface area contributed by atoms with E-state index in [0.717, 1.165) is 0 Å². The smallest absolute Gasteiger partial charge is 0.316 e. The molecule has 19 heavy (non-hydrogen) atoms. The molecule has 5 heteroatoms. The molecule has 0 aliphatic rings. The lowest BCUT2D eigenvalue weighted by atomic mass is 9.80. The highest BCUT2D eigenvalue weighted by atomic mass is 19.1. The van der Waals surface area contributed by atoms with Gasteiger partial charge in [-0.2, -0.15) is 0 Å². The van der Waals surface area contributed by atoms with Gasteiger partial charge in [-0.25, -0.2) is 4.39 Å². The molecule has 1 aromatic rings. The highest BCUT2D eigenvalue weighted by Crippen LogP contribution is 2.28. The lowest BCUT2D eigenvalue weighted by Crippen LogP contribution is -2.39. The van der Waals surface area contributed by atoms with Crippen LogP contribution >= 0.6 is 0 Å². The minimum atomic E-state index is -1.18. The van der Waals surface area contributed by atoms with Crippen molar-refractivity contribution in [3.05, 3.63) is 29.6 Å². The fourth-order valence-corrected chi connectivity index (χ4v) is 1.85. The number of anilines is 1. The maximum absolute atomic E-state index is 13.0. The number of nitrogens with one attached hydrogen (secondary N) is 1. The van der Waals surface area contributed by atoms with E-state index in [2.05, 4.69) is 5.32 Å². The maximum atomic E-state index is 13.0. The fraction of sp³-hybridized carbons (Fsp3) is 0.429. The van der Waals surface area contributed by atoms with Gasteiger partial charge in [0.15, 0.2) is 0 Å². The molecule has 0 saturated carbocycles. The number of halogens is 1. The minimum absolute atomic E-state index is 0.402. The lowest BCUT2D eigenvalue weighted by Gasteiger charge is -2.26. The number of carboxylic acid groups (broad SMARTS) is 1. The molecule has 1 rings (SSSR count). The van der Waals surface area contributed by atoms with Gasteiger partial charge < -0.3 is 10.4 Å². The predicted molar refractivity (Wildman–Crippen MR) is 70.3 cm³/mol. The highest BCUT2D eigenvalue weighted by Gasteiger charge is 2.37. The van der Waals surface area contributed by atoms with Gasteiger partial charge in [0.1, 0.15) is 11.7 Å². The molecule has 0 heterocycles. The standard InChI is InChI=1S/C14H18FNO3/c1-8-7-9(15)5-6-10(8)16-12(17)11(13(18)19)14(2,3)4/h5-7,11H,1-4H3,(H,16,17)(H,18,19). The van der Waals surface area contributed by atoms with Crippen LogP contribution in [0.4, 0.5) is 10.1 Å². The number of carbonyl (C=O) groups is 2. The van der Waals surface area contributed by atoms with Crippen LogP contribution in [-0.4, -0.2) is 17.0 Å². The van der Waals surface area contributed by atoms with Crippen LogP contribution in [0.15, 0.2) is 18.2 Å². The van der Waals surface area contributed by atoms with Crippen molar-refractivity contribution in [2.75, 3.05) is 5.32 Å². The SMILES string of the molecule is Cc1cc(F)ccc1NC(=O)C(C(=O)O)C(C)(C)C.